The zero-order chi connectivity index (χ0) is 26.4. The van der Waals surface area contributed by atoms with Gasteiger partial charge in [-0.25, -0.2) is 0 Å². The first kappa shape index (κ1) is 27.7. The quantitative estimate of drug-likeness (QED) is 0.370. The first-order valence-corrected chi connectivity index (χ1v) is 16.0. The summed E-state index contributed by atoms with van der Waals surface area (Å²) in [6.07, 6.45) is 15.8. The van der Waals surface area contributed by atoms with Crippen molar-refractivity contribution in [3.8, 4) is 0 Å². The predicted octanol–water partition coefficient (Wildman–Crippen LogP) is 8.43. The number of rotatable bonds is 8. The van der Waals surface area contributed by atoms with E-state index in [1.807, 2.05) is 0 Å². The highest BCUT2D eigenvalue weighted by atomic mass is 16.3. The summed E-state index contributed by atoms with van der Waals surface area (Å²) < 4.78 is 0. The van der Waals surface area contributed by atoms with E-state index in [0.29, 0.717) is 22.7 Å². The molecule has 1 aromatic carbocycles. The maximum Gasteiger partial charge on any atom is 0.0681 e. The Morgan fingerprint density at radius 2 is 1.43 bits per heavy atom. The van der Waals surface area contributed by atoms with Crippen LogP contribution in [-0.2, 0) is 13.0 Å². The van der Waals surface area contributed by atoms with E-state index in [0.717, 1.165) is 53.9 Å². The topological polar surface area (TPSA) is 40.5 Å². The fourth-order valence-corrected chi connectivity index (χ4v) is 10.9. The Kier molecular flexibility index (Phi) is 8.20. The molecule has 1 aromatic rings. The maximum atomic E-state index is 11.2. The SMILES string of the molecule is CC(C)CCC[C@@H](C)[C@H]1CC[C@H]2[C@@H]3CCC4C(Cc5ccc(CO)cc5)C(O)CC[C@]4(C)[C@H]3CC[C@]12C. The molecule has 10 atom stereocenters. The molecule has 0 radical (unpaired) electrons. The van der Waals surface area contributed by atoms with Crippen LogP contribution in [-0.4, -0.2) is 16.3 Å². The number of aliphatic hydroxyl groups is 2. The Morgan fingerprint density at radius 3 is 2.14 bits per heavy atom. The Morgan fingerprint density at radius 1 is 0.784 bits per heavy atom. The van der Waals surface area contributed by atoms with E-state index < -0.39 is 0 Å². The molecule has 3 unspecified atom stereocenters. The van der Waals surface area contributed by atoms with Crippen molar-refractivity contribution in [2.75, 3.05) is 0 Å². The number of fused-ring (bicyclic) bond motifs is 5. The van der Waals surface area contributed by atoms with Gasteiger partial charge in [0.2, 0.25) is 0 Å². The summed E-state index contributed by atoms with van der Waals surface area (Å²) in [7, 11) is 0. The number of benzene rings is 1. The normalized spacial score (nSPS) is 42.2. The smallest absolute Gasteiger partial charge is 0.0681 e. The van der Waals surface area contributed by atoms with Crippen molar-refractivity contribution in [3.05, 3.63) is 35.4 Å². The van der Waals surface area contributed by atoms with E-state index >= 15 is 0 Å². The molecule has 2 nitrogen and oxygen atoms in total. The highest BCUT2D eigenvalue weighted by Crippen LogP contribution is 2.69. The van der Waals surface area contributed by atoms with Crippen LogP contribution < -0.4 is 0 Å². The molecule has 0 bridgehead atoms. The van der Waals surface area contributed by atoms with E-state index in [4.69, 9.17) is 0 Å². The van der Waals surface area contributed by atoms with Crippen LogP contribution in [0.1, 0.15) is 116 Å². The molecule has 2 heteroatoms. The molecule has 0 saturated heterocycles. The second-order valence-electron chi connectivity index (χ2n) is 15.0. The van der Waals surface area contributed by atoms with Gasteiger partial charge in [-0.15, -0.1) is 0 Å². The van der Waals surface area contributed by atoms with Crippen molar-refractivity contribution in [2.45, 2.75) is 124 Å². The second kappa shape index (κ2) is 11.0. The minimum absolute atomic E-state index is 0.105. The summed E-state index contributed by atoms with van der Waals surface area (Å²) in [6.45, 7) is 12.8. The third-order valence-electron chi connectivity index (χ3n) is 12.8. The summed E-state index contributed by atoms with van der Waals surface area (Å²) in [5, 5.41) is 20.7. The predicted molar refractivity (Wildman–Crippen MR) is 154 cm³/mol. The molecular formula is C35H56O2. The van der Waals surface area contributed by atoms with Gasteiger partial charge in [-0.1, -0.05) is 78.1 Å². The van der Waals surface area contributed by atoms with Gasteiger partial charge in [-0.05, 0) is 127 Å². The molecular weight excluding hydrogens is 452 g/mol. The molecule has 5 rings (SSSR count). The van der Waals surface area contributed by atoms with Gasteiger partial charge in [-0.2, -0.15) is 0 Å². The number of hydrogen-bond acceptors (Lipinski definition) is 2. The molecule has 4 aliphatic rings. The van der Waals surface area contributed by atoms with Crippen LogP contribution in [0.3, 0.4) is 0 Å². The number of hydrogen-bond donors (Lipinski definition) is 2. The molecule has 0 heterocycles. The molecule has 4 aliphatic carbocycles. The molecule has 0 aliphatic heterocycles. The summed E-state index contributed by atoms with van der Waals surface area (Å²) in [4.78, 5) is 0. The monoisotopic (exact) mass is 508 g/mol. The molecule has 0 spiro atoms. The van der Waals surface area contributed by atoms with Crippen LogP contribution >= 0.6 is 0 Å². The lowest BCUT2D eigenvalue weighted by molar-refractivity contribution is -0.152. The third-order valence-corrected chi connectivity index (χ3v) is 12.8. The summed E-state index contributed by atoms with van der Waals surface area (Å²) in [5.41, 5.74) is 3.26. The van der Waals surface area contributed by atoms with Gasteiger partial charge in [0.15, 0.2) is 0 Å². The molecule has 0 aromatic heterocycles. The standard InChI is InChI=1S/C35H56O2/c1-23(2)7-6-8-24(3)29-15-16-30-27-13-14-31-28(21-25-9-11-26(22-36)12-10-25)33(37)18-20-35(31,5)32(27)17-19-34(29,30)4/h9-12,23-24,27-33,36-37H,6-8,13-22H2,1-5H3/t24-,27+,28?,29-,30+,31?,32+,33?,34-,35+/m1/s1. The Hall–Kier alpha value is -0.860. The maximum absolute atomic E-state index is 11.2. The highest BCUT2D eigenvalue weighted by molar-refractivity contribution is 5.23. The van der Waals surface area contributed by atoms with E-state index in [-0.39, 0.29) is 12.7 Å². The van der Waals surface area contributed by atoms with Gasteiger partial charge in [0.1, 0.15) is 0 Å². The molecule has 4 saturated carbocycles. The van der Waals surface area contributed by atoms with E-state index in [1.54, 1.807) is 0 Å². The van der Waals surface area contributed by atoms with Gasteiger partial charge < -0.3 is 10.2 Å². The van der Waals surface area contributed by atoms with E-state index in [2.05, 4.69) is 58.9 Å². The highest BCUT2D eigenvalue weighted by Gasteiger charge is 2.61. The van der Waals surface area contributed by atoms with Crippen molar-refractivity contribution < 1.29 is 10.2 Å². The van der Waals surface area contributed by atoms with Crippen molar-refractivity contribution in [1.82, 2.24) is 0 Å². The third kappa shape index (κ3) is 5.08. The first-order chi connectivity index (χ1) is 17.7. The minimum atomic E-state index is -0.163. The first-order valence-electron chi connectivity index (χ1n) is 16.0. The summed E-state index contributed by atoms with van der Waals surface area (Å²) in [5.74, 6) is 6.36. The second-order valence-corrected chi connectivity index (χ2v) is 15.0. The molecule has 4 fully saturated rings. The summed E-state index contributed by atoms with van der Waals surface area (Å²) >= 11 is 0. The van der Waals surface area contributed by atoms with Crippen LogP contribution in [0, 0.1) is 58.2 Å². The average Bonchev–Trinajstić information content (AvgIpc) is 3.23. The van der Waals surface area contributed by atoms with Crippen LogP contribution in [0.15, 0.2) is 24.3 Å². The van der Waals surface area contributed by atoms with Crippen LogP contribution in [0.4, 0.5) is 0 Å². The van der Waals surface area contributed by atoms with Crippen molar-refractivity contribution in [2.24, 2.45) is 58.2 Å². The van der Waals surface area contributed by atoms with Gasteiger partial charge in [0.05, 0.1) is 12.7 Å². The molecule has 208 valence electrons. The van der Waals surface area contributed by atoms with E-state index in [9.17, 15) is 10.2 Å². The Bertz CT molecular complexity index is 891. The van der Waals surface area contributed by atoms with Crippen molar-refractivity contribution in [1.29, 1.82) is 0 Å². The van der Waals surface area contributed by atoms with Gasteiger partial charge in [-0.3, -0.25) is 0 Å². The van der Waals surface area contributed by atoms with Crippen molar-refractivity contribution in [3.63, 3.8) is 0 Å². The average molecular weight is 509 g/mol. The van der Waals surface area contributed by atoms with Crippen LogP contribution in [0.2, 0.25) is 0 Å². The lowest BCUT2D eigenvalue weighted by atomic mass is 9.42. The zero-order valence-electron chi connectivity index (χ0n) is 24.6. The van der Waals surface area contributed by atoms with Gasteiger partial charge >= 0.3 is 0 Å². The lowest BCUT2D eigenvalue weighted by Gasteiger charge is -2.63. The number of aliphatic hydroxyl groups excluding tert-OH is 2. The molecule has 37 heavy (non-hydrogen) atoms. The van der Waals surface area contributed by atoms with E-state index in [1.165, 1.54) is 69.8 Å². The largest absolute Gasteiger partial charge is 0.393 e. The fourth-order valence-electron chi connectivity index (χ4n) is 10.9. The van der Waals surface area contributed by atoms with Gasteiger partial charge in [0.25, 0.3) is 0 Å². The Balaban J connectivity index is 1.30. The van der Waals surface area contributed by atoms with Crippen molar-refractivity contribution >= 4 is 0 Å². The van der Waals surface area contributed by atoms with Crippen LogP contribution in [0.25, 0.3) is 0 Å². The molecule has 0 amide bonds. The molecule has 2 N–H and O–H groups in total. The zero-order valence-corrected chi connectivity index (χ0v) is 24.6. The van der Waals surface area contributed by atoms with Gasteiger partial charge in [0, 0.05) is 0 Å². The fraction of sp³-hybridized carbons (Fsp3) is 0.829. The van der Waals surface area contributed by atoms with Crippen LogP contribution in [0.5, 0.6) is 0 Å². The lowest BCUT2D eigenvalue weighted by Crippen LogP contribution is -2.57. The minimum Gasteiger partial charge on any atom is -0.393 e. The summed E-state index contributed by atoms with van der Waals surface area (Å²) in [6, 6.07) is 8.48. The Labute approximate surface area is 228 Å².